The van der Waals surface area contributed by atoms with E-state index in [0.29, 0.717) is 11.0 Å². The number of carbonyl (C=O) groups excluding carboxylic acids is 2. The van der Waals surface area contributed by atoms with Crippen LogP contribution in [0, 0.1) is 6.92 Å². The van der Waals surface area contributed by atoms with Crippen molar-refractivity contribution in [3.05, 3.63) is 95.6 Å². The van der Waals surface area contributed by atoms with Crippen LogP contribution < -0.4 is 5.32 Å². The molecular formula is C25H20N4O2S. The fraction of sp³-hybridized carbons (Fsp3) is 0.120. The highest BCUT2D eigenvalue weighted by molar-refractivity contribution is 8.14. The van der Waals surface area contributed by atoms with Gasteiger partial charge in [-0.3, -0.25) is 14.5 Å². The maximum absolute atomic E-state index is 12.9. The van der Waals surface area contributed by atoms with Crippen molar-refractivity contribution in [3.63, 3.8) is 0 Å². The lowest BCUT2D eigenvalue weighted by molar-refractivity contribution is -0.119. The Morgan fingerprint density at radius 1 is 0.969 bits per heavy atom. The fourth-order valence-corrected chi connectivity index (χ4v) is 4.58. The molecule has 5 rings (SSSR count). The molecule has 1 atom stereocenters. The van der Waals surface area contributed by atoms with Gasteiger partial charge >= 0.3 is 0 Å². The van der Waals surface area contributed by atoms with Crippen LogP contribution in [-0.2, 0) is 9.59 Å². The molecule has 1 N–H and O–H groups in total. The highest BCUT2D eigenvalue weighted by Gasteiger charge is 2.42. The number of hydrogen-bond donors (Lipinski definition) is 1. The molecule has 32 heavy (non-hydrogen) atoms. The number of anilines is 1. The van der Waals surface area contributed by atoms with Gasteiger partial charge < -0.3 is 5.32 Å². The number of aryl methyl sites for hydroxylation is 1. The van der Waals surface area contributed by atoms with E-state index in [9.17, 15) is 9.59 Å². The number of nitrogens with zero attached hydrogens (tertiary/aromatic N) is 3. The largest absolute Gasteiger partial charge is 0.325 e. The number of nitrogens with one attached hydrogen (secondary N) is 1. The number of aliphatic imine (C=N–C) groups is 2. The van der Waals surface area contributed by atoms with Crippen molar-refractivity contribution >= 4 is 46.0 Å². The number of carbonyl (C=O) groups is 2. The molecule has 2 aliphatic rings. The number of benzene rings is 3. The van der Waals surface area contributed by atoms with E-state index in [1.54, 1.807) is 0 Å². The summed E-state index contributed by atoms with van der Waals surface area (Å²) in [5, 5.41) is 3.49. The third kappa shape index (κ3) is 3.83. The Morgan fingerprint density at radius 3 is 2.47 bits per heavy atom. The Balaban J connectivity index is 1.42. The number of para-hydroxylation sites is 1. The average Bonchev–Trinajstić information content (AvgIpc) is 3.17. The lowest BCUT2D eigenvalue weighted by atomic mass is 10.0. The molecule has 2 heterocycles. The lowest BCUT2D eigenvalue weighted by Gasteiger charge is -2.31. The van der Waals surface area contributed by atoms with E-state index in [1.807, 2.05) is 90.7 Å². The molecule has 7 heteroatoms. The molecule has 0 fully saturated rings. The van der Waals surface area contributed by atoms with E-state index in [0.717, 1.165) is 28.1 Å². The molecule has 1 unspecified atom stereocenters. The Morgan fingerprint density at radius 2 is 1.69 bits per heavy atom. The van der Waals surface area contributed by atoms with Gasteiger partial charge in [-0.1, -0.05) is 71.9 Å². The SMILES string of the molecule is Cc1ccc(NC(=O)CSC2=Nc3ccccc3C3=NC(=O)C(c4ccccc4)N23)cc1. The maximum Gasteiger partial charge on any atom is 0.275 e. The summed E-state index contributed by atoms with van der Waals surface area (Å²) >= 11 is 1.30. The molecule has 0 bridgehead atoms. The zero-order chi connectivity index (χ0) is 22.1. The van der Waals surface area contributed by atoms with Crippen LogP contribution in [0.2, 0.25) is 0 Å². The molecule has 158 valence electrons. The van der Waals surface area contributed by atoms with E-state index in [4.69, 9.17) is 4.99 Å². The van der Waals surface area contributed by atoms with E-state index in [1.165, 1.54) is 11.8 Å². The summed E-state index contributed by atoms with van der Waals surface area (Å²) in [5.41, 5.74) is 4.27. The van der Waals surface area contributed by atoms with Crippen molar-refractivity contribution in [2.24, 2.45) is 9.98 Å². The predicted octanol–water partition coefficient (Wildman–Crippen LogP) is 4.70. The first-order chi connectivity index (χ1) is 15.6. The summed E-state index contributed by atoms with van der Waals surface area (Å²) in [7, 11) is 0. The van der Waals surface area contributed by atoms with Crippen molar-refractivity contribution in [2.75, 3.05) is 11.1 Å². The minimum absolute atomic E-state index is 0.138. The molecule has 3 aromatic rings. The Kier molecular flexibility index (Phi) is 5.33. The van der Waals surface area contributed by atoms with Gasteiger partial charge in [0.25, 0.3) is 5.91 Å². The van der Waals surface area contributed by atoms with Gasteiger partial charge in [0.1, 0.15) is 11.9 Å². The number of rotatable bonds is 4. The number of amides is 2. The van der Waals surface area contributed by atoms with Crippen LogP contribution in [0.4, 0.5) is 11.4 Å². The molecule has 0 spiro atoms. The smallest absolute Gasteiger partial charge is 0.275 e. The van der Waals surface area contributed by atoms with Crippen molar-refractivity contribution < 1.29 is 9.59 Å². The molecule has 2 amide bonds. The number of thioether (sulfide) groups is 1. The van der Waals surface area contributed by atoms with Crippen molar-refractivity contribution in [1.29, 1.82) is 0 Å². The summed E-state index contributed by atoms with van der Waals surface area (Å²) in [5.74, 6) is 0.367. The van der Waals surface area contributed by atoms with Crippen LogP contribution in [0.5, 0.6) is 0 Å². The van der Waals surface area contributed by atoms with Crippen LogP contribution in [0.25, 0.3) is 0 Å². The van der Waals surface area contributed by atoms with Gasteiger partial charge in [0.15, 0.2) is 5.17 Å². The van der Waals surface area contributed by atoms with E-state index in [-0.39, 0.29) is 17.6 Å². The van der Waals surface area contributed by atoms with Crippen LogP contribution in [0.15, 0.2) is 88.8 Å². The van der Waals surface area contributed by atoms with Crippen molar-refractivity contribution in [2.45, 2.75) is 13.0 Å². The monoisotopic (exact) mass is 440 g/mol. The second-order valence-electron chi connectivity index (χ2n) is 7.57. The topological polar surface area (TPSA) is 74.1 Å². The molecule has 2 aliphatic heterocycles. The predicted molar refractivity (Wildman–Crippen MR) is 128 cm³/mol. The molecule has 6 nitrogen and oxygen atoms in total. The standard InChI is InChI=1S/C25H20N4O2S/c1-16-11-13-18(14-12-16)26-21(30)15-32-25-27-20-10-6-5-9-19(20)23-28-24(31)22(29(23)25)17-7-3-2-4-8-17/h2-14,22H,15H2,1H3,(H,26,30). The molecule has 0 aliphatic carbocycles. The summed E-state index contributed by atoms with van der Waals surface area (Å²) < 4.78 is 0. The Bertz CT molecular complexity index is 1250. The zero-order valence-electron chi connectivity index (χ0n) is 17.4. The summed E-state index contributed by atoms with van der Waals surface area (Å²) in [4.78, 5) is 36.5. The van der Waals surface area contributed by atoms with E-state index < -0.39 is 6.04 Å². The molecule has 0 radical (unpaired) electrons. The molecular weight excluding hydrogens is 420 g/mol. The molecule has 0 saturated carbocycles. The average molecular weight is 441 g/mol. The van der Waals surface area contributed by atoms with Gasteiger partial charge in [0.05, 0.1) is 11.4 Å². The van der Waals surface area contributed by atoms with Gasteiger partial charge in [-0.25, -0.2) is 4.99 Å². The highest BCUT2D eigenvalue weighted by atomic mass is 32.2. The van der Waals surface area contributed by atoms with Gasteiger partial charge in [-0.2, -0.15) is 4.99 Å². The van der Waals surface area contributed by atoms with Crippen LogP contribution in [0.3, 0.4) is 0 Å². The normalized spacial score (nSPS) is 16.7. The lowest BCUT2D eigenvalue weighted by Crippen LogP contribution is -2.39. The zero-order valence-corrected chi connectivity index (χ0v) is 18.2. The Hall–Kier alpha value is -3.71. The van der Waals surface area contributed by atoms with E-state index in [2.05, 4.69) is 10.3 Å². The summed E-state index contributed by atoms with van der Waals surface area (Å²) in [6, 6.07) is 24.2. The third-order valence-corrected chi connectivity index (χ3v) is 6.24. The van der Waals surface area contributed by atoms with Gasteiger partial charge in [-0.15, -0.1) is 0 Å². The first-order valence-electron chi connectivity index (χ1n) is 10.2. The molecule has 0 saturated heterocycles. The first kappa shape index (κ1) is 20.2. The van der Waals surface area contributed by atoms with Crippen LogP contribution >= 0.6 is 11.8 Å². The maximum atomic E-state index is 12.9. The summed E-state index contributed by atoms with van der Waals surface area (Å²) in [6.45, 7) is 2.00. The molecule has 0 aromatic heterocycles. The number of amidine groups is 2. The fourth-order valence-electron chi connectivity index (χ4n) is 3.75. The second kappa shape index (κ2) is 8.43. The highest BCUT2D eigenvalue weighted by Crippen LogP contribution is 2.39. The Labute approximate surface area is 190 Å². The number of fused-ring (bicyclic) bond motifs is 3. The van der Waals surface area contributed by atoms with Crippen molar-refractivity contribution in [1.82, 2.24) is 4.90 Å². The molecule has 3 aromatic carbocycles. The van der Waals surface area contributed by atoms with Crippen LogP contribution in [-0.4, -0.2) is 33.5 Å². The quantitative estimate of drug-likeness (QED) is 0.638. The van der Waals surface area contributed by atoms with Gasteiger partial charge in [-0.05, 0) is 36.8 Å². The minimum Gasteiger partial charge on any atom is -0.325 e. The first-order valence-corrected chi connectivity index (χ1v) is 11.2. The summed E-state index contributed by atoms with van der Waals surface area (Å²) in [6.07, 6.45) is 0. The minimum atomic E-state index is -0.592. The second-order valence-corrected chi connectivity index (χ2v) is 8.51. The van der Waals surface area contributed by atoms with Gasteiger partial charge in [0.2, 0.25) is 5.91 Å². The van der Waals surface area contributed by atoms with E-state index >= 15 is 0 Å². The van der Waals surface area contributed by atoms with Crippen LogP contribution in [0.1, 0.15) is 22.7 Å². The van der Waals surface area contributed by atoms with Crippen molar-refractivity contribution in [3.8, 4) is 0 Å². The van der Waals surface area contributed by atoms with Gasteiger partial charge in [0, 0.05) is 11.3 Å². The number of hydrogen-bond acceptors (Lipinski definition) is 5. The third-order valence-electron chi connectivity index (χ3n) is 5.29.